The third-order valence-corrected chi connectivity index (χ3v) is 4.93. The SMILES string of the molecule is CC(C)[C@@H]1C[C@@H](O)[C@@H]([N+](=O)[O-])[C@H](c2ccc(Cl)cc2)[C@@H]1[N+](=O)[O-]. The molecule has 0 aromatic heterocycles. The van der Waals surface area contributed by atoms with Crippen LogP contribution in [-0.4, -0.2) is 33.1 Å². The summed E-state index contributed by atoms with van der Waals surface area (Å²) in [6, 6.07) is 3.72. The number of nitro groups is 2. The summed E-state index contributed by atoms with van der Waals surface area (Å²) in [4.78, 5) is 22.1. The average molecular weight is 343 g/mol. The third-order valence-electron chi connectivity index (χ3n) is 4.68. The van der Waals surface area contributed by atoms with Gasteiger partial charge in [-0.05, 0) is 30.0 Å². The number of nitrogens with zero attached hydrogens (tertiary/aromatic N) is 2. The first kappa shape index (κ1) is 17.6. The van der Waals surface area contributed by atoms with Crippen molar-refractivity contribution in [2.75, 3.05) is 0 Å². The Morgan fingerprint density at radius 2 is 1.65 bits per heavy atom. The molecule has 0 radical (unpaired) electrons. The second-order valence-corrected chi connectivity index (χ2v) is 6.78. The van der Waals surface area contributed by atoms with Crippen LogP contribution in [0.15, 0.2) is 24.3 Å². The zero-order chi connectivity index (χ0) is 17.3. The standard InChI is InChI=1S/C15H19ClN2O5/c1-8(2)11-7-12(19)15(18(22)23)13(14(11)17(20)21)9-3-5-10(16)6-4-9/h3-6,8,11-15,19H,7H2,1-2H3/t11-,12+,13+,14+,15+/m0/s1. The summed E-state index contributed by atoms with van der Waals surface area (Å²) in [5.74, 6) is -1.49. The minimum Gasteiger partial charge on any atom is -0.386 e. The maximum absolute atomic E-state index is 11.7. The summed E-state index contributed by atoms with van der Waals surface area (Å²) in [5, 5.41) is 33.8. The van der Waals surface area contributed by atoms with Gasteiger partial charge < -0.3 is 5.11 Å². The molecule has 2 rings (SSSR count). The fourth-order valence-corrected chi connectivity index (χ4v) is 3.70. The minimum atomic E-state index is -1.40. The molecule has 7 nitrogen and oxygen atoms in total. The summed E-state index contributed by atoms with van der Waals surface area (Å²) >= 11 is 5.84. The van der Waals surface area contributed by atoms with Crippen LogP contribution < -0.4 is 0 Å². The molecule has 1 aliphatic rings. The van der Waals surface area contributed by atoms with Crippen molar-refractivity contribution in [2.45, 2.75) is 44.4 Å². The number of aliphatic hydroxyl groups is 1. The van der Waals surface area contributed by atoms with E-state index in [1.807, 2.05) is 13.8 Å². The van der Waals surface area contributed by atoms with E-state index >= 15 is 0 Å². The largest absolute Gasteiger partial charge is 0.386 e. The summed E-state index contributed by atoms with van der Waals surface area (Å²) in [6.07, 6.45) is -1.16. The van der Waals surface area contributed by atoms with E-state index in [2.05, 4.69) is 0 Å². The molecule has 1 saturated carbocycles. The quantitative estimate of drug-likeness (QED) is 0.668. The van der Waals surface area contributed by atoms with Gasteiger partial charge in [0, 0.05) is 20.8 Å². The van der Waals surface area contributed by atoms with Crippen LogP contribution in [0, 0.1) is 32.1 Å². The molecular formula is C15H19ClN2O5. The minimum absolute atomic E-state index is 0.0546. The number of rotatable bonds is 4. The molecule has 0 heterocycles. The van der Waals surface area contributed by atoms with E-state index < -0.39 is 39.9 Å². The van der Waals surface area contributed by atoms with Gasteiger partial charge >= 0.3 is 0 Å². The molecule has 1 N–H and O–H groups in total. The Morgan fingerprint density at radius 1 is 1.13 bits per heavy atom. The fraction of sp³-hybridized carbons (Fsp3) is 0.600. The first-order valence-electron chi connectivity index (χ1n) is 7.44. The van der Waals surface area contributed by atoms with Gasteiger partial charge in [-0.3, -0.25) is 20.2 Å². The molecule has 0 amide bonds. The lowest BCUT2D eigenvalue weighted by atomic mass is 9.66. The Labute approximate surface area is 138 Å². The number of benzene rings is 1. The summed E-state index contributed by atoms with van der Waals surface area (Å²) < 4.78 is 0. The average Bonchev–Trinajstić information content (AvgIpc) is 2.45. The highest BCUT2D eigenvalue weighted by atomic mass is 35.5. The lowest BCUT2D eigenvalue weighted by Crippen LogP contribution is -2.55. The van der Waals surface area contributed by atoms with E-state index in [0.29, 0.717) is 10.6 Å². The van der Waals surface area contributed by atoms with E-state index in [9.17, 15) is 25.3 Å². The highest BCUT2D eigenvalue weighted by Crippen LogP contribution is 2.42. The van der Waals surface area contributed by atoms with Gasteiger partial charge in [-0.15, -0.1) is 0 Å². The molecule has 126 valence electrons. The van der Waals surface area contributed by atoms with Crippen LogP contribution in [0.4, 0.5) is 0 Å². The Hall–Kier alpha value is -1.73. The van der Waals surface area contributed by atoms with Crippen molar-refractivity contribution in [3.8, 4) is 0 Å². The van der Waals surface area contributed by atoms with Crippen molar-refractivity contribution in [1.29, 1.82) is 0 Å². The molecule has 0 aliphatic heterocycles. The number of hydrogen-bond donors (Lipinski definition) is 1. The molecule has 23 heavy (non-hydrogen) atoms. The summed E-state index contributed by atoms with van der Waals surface area (Å²) in [6.45, 7) is 3.67. The van der Waals surface area contributed by atoms with Gasteiger partial charge in [0.1, 0.15) is 12.0 Å². The van der Waals surface area contributed by atoms with Gasteiger partial charge in [0.25, 0.3) is 6.04 Å². The van der Waals surface area contributed by atoms with Crippen LogP contribution in [0.3, 0.4) is 0 Å². The number of halogens is 1. The maximum Gasteiger partial charge on any atom is 0.251 e. The van der Waals surface area contributed by atoms with Crippen LogP contribution in [0.25, 0.3) is 0 Å². The predicted octanol–water partition coefficient (Wildman–Crippen LogP) is 2.75. The topological polar surface area (TPSA) is 107 Å². The zero-order valence-electron chi connectivity index (χ0n) is 12.8. The van der Waals surface area contributed by atoms with Crippen molar-refractivity contribution in [3.63, 3.8) is 0 Å². The van der Waals surface area contributed by atoms with Crippen molar-refractivity contribution < 1.29 is 15.0 Å². The first-order valence-corrected chi connectivity index (χ1v) is 7.82. The van der Waals surface area contributed by atoms with E-state index in [1.165, 1.54) is 0 Å². The molecular weight excluding hydrogens is 324 g/mol. The van der Waals surface area contributed by atoms with Crippen molar-refractivity contribution in [1.82, 2.24) is 0 Å². The Morgan fingerprint density at radius 3 is 2.09 bits per heavy atom. The van der Waals surface area contributed by atoms with Gasteiger partial charge in [0.05, 0.1) is 0 Å². The number of hydrogen-bond acceptors (Lipinski definition) is 5. The Balaban J connectivity index is 2.56. The maximum atomic E-state index is 11.7. The molecule has 0 spiro atoms. The molecule has 1 aromatic rings. The van der Waals surface area contributed by atoms with Gasteiger partial charge in [0.15, 0.2) is 0 Å². The third kappa shape index (κ3) is 3.45. The van der Waals surface area contributed by atoms with Crippen molar-refractivity contribution in [3.05, 3.63) is 55.1 Å². The van der Waals surface area contributed by atoms with Gasteiger partial charge in [0.2, 0.25) is 6.04 Å². The second-order valence-electron chi connectivity index (χ2n) is 6.34. The van der Waals surface area contributed by atoms with Crippen LogP contribution in [0.2, 0.25) is 5.02 Å². The number of aliphatic hydroxyl groups excluding tert-OH is 1. The lowest BCUT2D eigenvalue weighted by Gasteiger charge is -2.38. The smallest absolute Gasteiger partial charge is 0.251 e. The van der Waals surface area contributed by atoms with Crippen LogP contribution >= 0.6 is 11.6 Å². The fourth-order valence-electron chi connectivity index (χ4n) is 3.57. The molecule has 8 heteroatoms. The zero-order valence-corrected chi connectivity index (χ0v) is 13.6. The van der Waals surface area contributed by atoms with Crippen LogP contribution in [0.5, 0.6) is 0 Å². The van der Waals surface area contributed by atoms with Gasteiger partial charge in [-0.25, -0.2) is 0 Å². The van der Waals surface area contributed by atoms with Crippen LogP contribution in [-0.2, 0) is 0 Å². The Bertz CT molecular complexity index is 592. The molecule has 1 aromatic carbocycles. The summed E-state index contributed by atoms with van der Waals surface area (Å²) in [5.41, 5.74) is 0.460. The predicted molar refractivity (Wildman–Crippen MR) is 84.7 cm³/mol. The van der Waals surface area contributed by atoms with Crippen molar-refractivity contribution >= 4 is 11.6 Å². The Kier molecular flexibility index (Phi) is 5.21. The lowest BCUT2D eigenvalue weighted by molar-refractivity contribution is -0.589. The van der Waals surface area contributed by atoms with Gasteiger partial charge in [-0.2, -0.15) is 0 Å². The van der Waals surface area contributed by atoms with Crippen molar-refractivity contribution in [2.24, 2.45) is 11.8 Å². The van der Waals surface area contributed by atoms with E-state index in [0.717, 1.165) is 0 Å². The normalized spacial score (nSPS) is 31.1. The highest BCUT2D eigenvalue weighted by Gasteiger charge is 2.57. The molecule has 0 bridgehead atoms. The van der Waals surface area contributed by atoms with Crippen LogP contribution in [0.1, 0.15) is 31.7 Å². The van der Waals surface area contributed by atoms with E-state index in [-0.39, 0.29) is 12.3 Å². The first-order chi connectivity index (χ1) is 10.7. The molecule has 5 atom stereocenters. The van der Waals surface area contributed by atoms with Gasteiger partial charge in [-0.1, -0.05) is 37.6 Å². The molecule has 0 saturated heterocycles. The van der Waals surface area contributed by atoms with E-state index in [1.54, 1.807) is 24.3 Å². The highest BCUT2D eigenvalue weighted by molar-refractivity contribution is 6.30. The molecule has 1 fully saturated rings. The molecule has 0 unspecified atom stereocenters. The summed E-state index contributed by atoms with van der Waals surface area (Å²) in [7, 11) is 0. The second kappa shape index (κ2) is 6.80. The van der Waals surface area contributed by atoms with E-state index in [4.69, 9.17) is 11.6 Å². The molecule has 1 aliphatic carbocycles. The monoisotopic (exact) mass is 342 g/mol.